The van der Waals surface area contributed by atoms with Gasteiger partial charge in [0.2, 0.25) is 0 Å². The summed E-state index contributed by atoms with van der Waals surface area (Å²) in [5.74, 6) is 0.437. The van der Waals surface area contributed by atoms with Crippen molar-refractivity contribution in [2.75, 3.05) is 7.11 Å². The fourth-order valence-electron chi connectivity index (χ4n) is 6.04. The number of rotatable bonds is 2. The molecule has 0 amide bonds. The van der Waals surface area contributed by atoms with E-state index in [1.807, 2.05) is 0 Å². The zero-order chi connectivity index (χ0) is 16.9. The summed E-state index contributed by atoms with van der Waals surface area (Å²) in [5, 5.41) is 0. The highest BCUT2D eigenvalue weighted by Crippen LogP contribution is 2.63. The van der Waals surface area contributed by atoms with Gasteiger partial charge in [-0.15, -0.1) is 6.58 Å². The molecule has 1 fully saturated rings. The molecule has 0 aliphatic heterocycles. The van der Waals surface area contributed by atoms with Crippen LogP contribution in [0.3, 0.4) is 0 Å². The summed E-state index contributed by atoms with van der Waals surface area (Å²) in [7, 11) is 1.54. The van der Waals surface area contributed by atoms with E-state index in [1.54, 1.807) is 18.3 Å². The van der Waals surface area contributed by atoms with Crippen LogP contribution in [0.1, 0.15) is 72.1 Å². The van der Waals surface area contributed by atoms with Gasteiger partial charge >= 0.3 is 5.97 Å². The maximum atomic E-state index is 12.5. The third-order valence-electron chi connectivity index (χ3n) is 7.49. The van der Waals surface area contributed by atoms with E-state index in [-0.39, 0.29) is 22.2 Å². The van der Waals surface area contributed by atoms with Gasteiger partial charge in [-0.3, -0.25) is 4.79 Å². The van der Waals surface area contributed by atoms with Crippen molar-refractivity contribution in [3.8, 4) is 0 Å². The lowest BCUT2D eigenvalue weighted by Crippen LogP contribution is -2.51. The van der Waals surface area contributed by atoms with Gasteiger partial charge in [0.05, 0.1) is 12.5 Å². The van der Waals surface area contributed by atoms with Crippen LogP contribution in [-0.2, 0) is 9.53 Å². The fourth-order valence-corrected chi connectivity index (χ4v) is 6.04. The Morgan fingerprint density at radius 3 is 2.61 bits per heavy atom. The molecule has 0 aromatic rings. The summed E-state index contributed by atoms with van der Waals surface area (Å²) in [5.41, 5.74) is 3.51. The summed E-state index contributed by atoms with van der Waals surface area (Å²) in [6, 6.07) is 0. The largest absolute Gasteiger partial charge is 0.469 e. The first kappa shape index (κ1) is 16.8. The van der Waals surface area contributed by atoms with Crippen LogP contribution in [0.15, 0.2) is 23.8 Å². The van der Waals surface area contributed by atoms with Gasteiger partial charge in [0.25, 0.3) is 0 Å². The third-order valence-corrected chi connectivity index (χ3v) is 7.49. The molecule has 4 atom stereocenters. The summed E-state index contributed by atoms with van der Waals surface area (Å²) >= 11 is 0. The minimum atomic E-state index is -0.306. The molecular weight excluding hydrogens is 284 g/mol. The maximum absolute atomic E-state index is 12.5. The fraction of sp³-hybridized carbons (Fsp3) is 0.762. The number of fused-ring (bicyclic) bond motifs is 2. The Balaban J connectivity index is 1.99. The summed E-state index contributed by atoms with van der Waals surface area (Å²) in [6.45, 7) is 11.0. The Morgan fingerprint density at radius 1 is 1.22 bits per heavy atom. The first-order valence-corrected chi connectivity index (χ1v) is 9.22. The average molecular weight is 316 g/mol. The van der Waals surface area contributed by atoms with Crippen molar-refractivity contribution in [3.63, 3.8) is 0 Å². The molecule has 0 spiro atoms. The monoisotopic (exact) mass is 316 g/mol. The highest BCUT2D eigenvalue weighted by atomic mass is 16.5. The smallest absolute Gasteiger partial charge is 0.311 e. The molecule has 2 heteroatoms. The number of allylic oxidation sites excluding steroid dienone is 3. The van der Waals surface area contributed by atoms with Gasteiger partial charge in [0, 0.05) is 0 Å². The first-order valence-electron chi connectivity index (χ1n) is 9.22. The second-order valence-corrected chi connectivity index (χ2v) is 8.89. The molecule has 23 heavy (non-hydrogen) atoms. The molecule has 3 rings (SSSR count). The number of methoxy groups -OCH3 is 1. The molecular formula is C21H32O2. The number of hydrogen-bond acceptors (Lipinski definition) is 2. The first-order chi connectivity index (χ1) is 10.8. The normalized spacial score (nSPS) is 43.4. The number of ether oxygens (including phenoxy) is 1. The number of carbonyl (C=O) groups is 1. The van der Waals surface area contributed by atoms with Crippen molar-refractivity contribution in [1.82, 2.24) is 0 Å². The summed E-state index contributed by atoms with van der Waals surface area (Å²) in [6.07, 6.45) is 11.3. The predicted octanol–water partition coefficient (Wildman–Crippen LogP) is 5.44. The van der Waals surface area contributed by atoms with E-state index < -0.39 is 0 Å². The zero-order valence-electron chi connectivity index (χ0n) is 15.3. The van der Waals surface area contributed by atoms with E-state index in [0.717, 1.165) is 25.7 Å². The SMILES string of the molecule is C=C[C@@]1(C)CCC2=C(CC[C@@H]3[C@](C)(C(=O)OC)CCC[C@]23C)C1. The van der Waals surface area contributed by atoms with Crippen molar-refractivity contribution >= 4 is 5.97 Å². The zero-order valence-corrected chi connectivity index (χ0v) is 15.3. The Morgan fingerprint density at radius 2 is 1.96 bits per heavy atom. The molecule has 0 bridgehead atoms. The third kappa shape index (κ3) is 2.40. The van der Waals surface area contributed by atoms with Crippen molar-refractivity contribution in [2.24, 2.45) is 22.2 Å². The molecule has 0 heterocycles. The van der Waals surface area contributed by atoms with Crippen LogP contribution in [-0.4, -0.2) is 13.1 Å². The van der Waals surface area contributed by atoms with E-state index in [1.165, 1.54) is 25.7 Å². The number of esters is 1. The second-order valence-electron chi connectivity index (χ2n) is 8.89. The molecule has 3 aliphatic carbocycles. The lowest BCUT2D eigenvalue weighted by atomic mass is 9.47. The lowest BCUT2D eigenvalue weighted by Gasteiger charge is -2.56. The molecule has 0 aromatic heterocycles. The van der Waals surface area contributed by atoms with Gasteiger partial charge in [-0.05, 0) is 68.6 Å². The molecule has 0 saturated heterocycles. The molecule has 128 valence electrons. The number of hydrogen-bond donors (Lipinski definition) is 0. The summed E-state index contributed by atoms with van der Waals surface area (Å²) in [4.78, 5) is 12.5. The van der Waals surface area contributed by atoms with Gasteiger partial charge < -0.3 is 4.74 Å². The maximum Gasteiger partial charge on any atom is 0.311 e. The quantitative estimate of drug-likeness (QED) is 0.501. The van der Waals surface area contributed by atoms with Crippen LogP contribution in [0.5, 0.6) is 0 Å². The van der Waals surface area contributed by atoms with Crippen molar-refractivity contribution in [1.29, 1.82) is 0 Å². The number of carbonyl (C=O) groups excluding carboxylic acids is 1. The van der Waals surface area contributed by atoms with E-state index in [9.17, 15) is 4.79 Å². The molecule has 0 radical (unpaired) electrons. The highest BCUT2D eigenvalue weighted by Gasteiger charge is 2.56. The van der Waals surface area contributed by atoms with Crippen LogP contribution in [0.25, 0.3) is 0 Å². The van der Waals surface area contributed by atoms with E-state index in [4.69, 9.17) is 4.74 Å². The minimum absolute atomic E-state index is 0.00390. The van der Waals surface area contributed by atoms with Gasteiger partial charge in [-0.2, -0.15) is 0 Å². The van der Waals surface area contributed by atoms with E-state index in [0.29, 0.717) is 5.92 Å². The molecule has 1 saturated carbocycles. The van der Waals surface area contributed by atoms with Crippen molar-refractivity contribution in [2.45, 2.75) is 72.1 Å². The molecule has 3 aliphatic rings. The Bertz CT molecular complexity index is 560. The topological polar surface area (TPSA) is 26.3 Å². The van der Waals surface area contributed by atoms with Crippen LogP contribution in [0, 0.1) is 22.2 Å². The van der Waals surface area contributed by atoms with Gasteiger partial charge in [0.15, 0.2) is 0 Å². The van der Waals surface area contributed by atoms with Crippen LogP contribution < -0.4 is 0 Å². The average Bonchev–Trinajstić information content (AvgIpc) is 2.53. The predicted molar refractivity (Wildman–Crippen MR) is 94.0 cm³/mol. The second kappa shape index (κ2) is 5.50. The van der Waals surface area contributed by atoms with E-state index in [2.05, 4.69) is 33.4 Å². The Kier molecular flexibility index (Phi) is 4.01. The van der Waals surface area contributed by atoms with Gasteiger partial charge in [0.1, 0.15) is 0 Å². The van der Waals surface area contributed by atoms with Crippen LogP contribution in [0.4, 0.5) is 0 Å². The lowest BCUT2D eigenvalue weighted by molar-refractivity contribution is -0.163. The van der Waals surface area contributed by atoms with E-state index >= 15 is 0 Å². The summed E-state index contributed by atoms with van der Waals surface area (Å²) < 4.78 is 5.20. The Hall–Kier alpha value is -1.05. The molecule has 0 unspecified atom stereocenters. The standard InChI is InChI=1S/C21H32O2/c1-6-19(2)13-10-16-15(14-19)8-9-17-20(16,3)11-7-12-21(17,4)18(22)23-5/h6,17H,1,7-14H2,2-5H3/t17-,19-,20+,21+/m0/s1. The van der Waals surface area contributed by atoms with Gasteiger partial charge in [-0.25, -0.2) is 0 Å². The van der Waals surface area contributed by atoms with Crippen molar-refractivity contribution in [3.05, 3.63) is 23.8 Å². The Labute approximate surface area is 141 Å². The van der Waals surface area contributed by atoms with Crippen molar-refractivity contribution < 1.29 is 9.53 Å². The van der Waals surface area contributed by atoms with Crippen LogP contribution >= 0.6 is 0 Å². The van der Waals surface area contributed by atoms with Crippen LogP contribution in [0.2, 0.25) is 0 Å². The van der Waals surface area contributed by atoms with Gasteiger partial charge in [-0.1, -0.05) is 37.5 Å². The molecule has 0 aromatic carbocycles. The molecule has 0 N–H and O–H groups in total. The highest BCUT2D eigenvalue weighted by molar-refractivity contribution is 5.77. The minimum Gasteiger partial charge on any atom is -0.469 e. The molecule has 2 nitrogen and oxygen atoms in total.